The number of nitrogens with zero attached hydrogens (tertiary/aromatic N) is 4. The number of carbonyl (C=O) groups excluding carboxylic acids is 1. The number of piperazine rings is 1. The van der Waals surface area contributed by atoms with Crippen LogP contribution >= 0.6 is 11.3 Å². The molecule has 152 valence electrons. The number of thiophene rings is 1. The molecule has 4 rings (SSSR count). The van der Waals surface area contributed by atoms with Crippen LogP contribution in [0.25, 0.3) is 10.7 Å². The van der Waals surface area contributed by atoms with Crippen LogP contribution in [-0.2, 0) is 11.2 Å². The molecule has 7 nitrogen and oxygen atoms in total. The Hall–Kier alpha value is -2.71. The van der Waals surface area contributed by atoms with E-state index in [4.69, 9.17) is 4.52 Å². The van der Waals surface area contributed by atoms with Crippen LogP contribution in [0.5, 0.6) is 0 Å². The van der Waals surface area contributed by atoms with E-state index in [9.17, 15) is 4.79 Å². The Morgan fingerprint density at radius 1 is 1.24 bits per heavy atom. The third-order valence-electron chi connectivity index (χ3n) is 5.13. The number of aryl methyl sites for hydroxylation is 2. The van der Waals surface area contributed by atoms with Gasteiger partial charge in [-0.3, -0.25) is 4.79 Å². The highest BCUT2D eigenvalue weighted by molar-refractivity contribution is 7.13. The van der Waals surface area contributed by atoms with Gasteiger partial charge < -0.3 is 19.6 Å². The van der Waals surface area contributed by atoms with Gasteiger partial charge in [0.2, 0.25) is 17.6 Å². The molecule has 0 saturated carbocycles. The third-order valence-corrected chi connectivity index (χ3v) is 5.99. The number of anilines is 2. The normalized spacial score (nSPS) is 14.9. The van der Waals surface area contributed by atoms with E-state index in [2.05, 4.69) is 44.4 Å². The molecule has 1 aliphatic rings. The van der Waals surface area contributed by atoms with Crippen molar-refractivity contribution in [1.29, 1.82) is 0 Å². The molecule has 1 saturated heterocycles. The third kappa shape index (κ3) is 4.83. The quantitative estimate of drug-likeness (QED) is 0.670. The molecule has 0 aliphatic carbocycles. The van der Waals surface area contributed by atoms with Crippen molar-refractivity contribution >= 4 is 28.6 Å². The predicted octanol–water partition coefficient (Wildman–Crippen LogP) is 3.43. The van der Waals surface area contributed by atoms with Gasteiger partial charge in [0.25, 0.3) is 0 Å². The summed E-state index contributed by atoms with van der Waals surface area (Å²) in [6.45, 7) is 6.22. The van der Waals surface area contributed by atoms with E-state index in [1.807, 2.05) is 30.5 Å². The molecule has 1 N–H and O–H groups in total. The first kappa shape index (κ1) is 19.6. The minimum absolute atomic E-state index is 0.0590. The average Bonchev–Trinajstić information content (AvgIpc) is 3.40. The Kier molecular flexibility index (Phi) is 5.92. The largest absolute Gasteiger partial charge is 0.369 e. The van der Waals surface area contributed by atoms with Gasteiger partial charge in [-0.15, -0.1) is 11.3 Å². The zero-order valence-electron chi connectivity index (χ0n) is 16.7. The molecule has 3 aromatic rings. The maximum absolute atomic E-state index is 12.4. The number of nitrogens with one attached hydrogen (secondary N) is 1. The highest BCUT2D eigenvalue weighted by atomic mass is 32.1. The van der Waals surface area contributed by atoms with Crippen LogP contribution in [0.15, 0.2) is 40.2 Å². The molecule has 3 heterocycles. The van der Waals surface area contributed by atoms with Crippen LogP contribution in [0.2, 0.25) is 0 Å². The second-order valence-electron chi connectivity index (χ2n) is 7.33. The van der Waals surface area contributed by atoms with Gasteiger partial charge in [0.15, 0.2) is 0 Å². The molecular formula is C21H25N5O2S. The summed E-state index contributed by atoms with van der Waals surface area (Å²) in [4.78, 5) is 22.4. The van der Waals surface area contributed by atoms with Crippen molar-refractivity contribution in [2.45, 2.75) is 19.8 Å². The summed E-state index contributed by atoms with van der Waals surface area (Å²) in [5.41, 5.74) is 3.12. The molecule has 0 bridgehead atoms. The van der Waals surface area contributed by atoms with Gasteiger partial charge >= 0.3 is 0 Å². The summed E-state index contributed by atoms with van der Waals surface area (Å²) in [5.74, 6) is 0.993. The zero-order valence-corrected chi connectivity index (χ0v) is 17.5. The SMILES string of the molecule is Cc1cc(N2CCN(C)CC2)ccc1NC(=O)CCc1nc(-c2cccs2)no1. The van der Waals surface area contributed by atoms with E-state index in [0.717, 1.165) is 42.3 Å². The van der Waals surface area contributed by atoms with E-state index in [-0.39, 0.29) is 5.91 Å². The van der Waals surface area contributed by atoms with Crippen molar-refractivity contribution in [3.05, 3.63) is 47.2 Å². The van der Waals surface area contributed by atoms with E-state index in [1.165, 1.54) is 5.69 Å². The van der Waals surface area contributed by atoms with Crippen molar-refractivity contribution in [1.82, 2.24) is 15.0 Å². The fraction of sp³-hybridized carbons (Fsp3) is 0.381. The van der Waals surface area contributed by atoms with Crippen molar-refractivity contribution in [2.75, 3.05) is 43.4 Å². The smallest absolute Gasteiger partial charge is 0.227 e. The molecule has 0 atom stereocenters. The number of likely N-dealkylation sites (N-methyl/N-ethyl adjacent to an activating group) is 1. The Balaban J connectivity index is 1.31. The average molecular weight is 412 g/mol. The number of hydrogen-bond donors (Lipinski definition) is 1. The lowest BCUT2D eigenvalue weighted by molar-refractivity contribution is -0.116. The Morgan fingerprint density at radius 3 is 2.79 bits per heavy atom. The van der Waals surface area contributed by atoms with E-state index in [0.29, 0.717) is 24.6 Å². The summed E-state index contributed by atoms with van der Waals surface area (Å²) >= 11 is 1.56. The first-order valence-electron chi connectivity index (χ1n) is 9.79. The first-order valence-corrected chi connectivity index (χ1v) is 10.7. The van der Waals surface area contributed by atoms with E-state index < -0.39 is 0 Å². The van der Waals surface area contributed by atoms with Gasteiger partial charge in [0, 0.05) is 50.4 Å². The minimum atomic E-state index is -0.0590. The topological polar surface area (TPSA) is 74.5 Å². The summed E-state index contributed by atoms with van der Waals surface area (Å²) in [6, 6.07) is 10.1. The molecule has 2 aromatic heterocycles. The van der Waals surface area contributed by atoms with Gasteiger partial charge in [-0.05, 0) is 49.2 Å². The van der Waals surface area contributed by atoms with Crippen molar-refractivity contribution in [2.24, 2.45) is 0 Å². The van der Waals surface area contributed by atoms with Gasteiger partial charge in [-0.25, -0.2) is 0 Å². The molecule has 8 heteroatoms. The molecule has 0 unspecified atom stereocenters. The summed E-state index contributed by atoms with van der Waals surface area (Å²) in [7, 11) is 2.15. The number of hydrogen-bond acceptors (Lipinski definition) is 7. The number of aromatic nitrogens is 2. The van der Waals surface area contributed by atoms with Gasteiger partial charge in [-0.1, -0.05) is 11.2 Å². The highest BCUT2D eigenvalue weighted by Gasteiger charge is 2.16. The minimum Gasteiger partial charge on any atom is -0.369 e. The lowest BCUT2D eigenvalue weighted by Crippen LogP contribution is -2.44. The maximum atomic E-state index is 12.4. The van der Waals surface area contributed by atoms with Crippen LogP contribution < -0.4 is 10.2 Å². The molecule has 1 aromatic carbocycles. The number of rotatable bonds is 6. The van der Waals surface area contributed by atoms with Crippen LogP contribution in [-0.4, -0.2) is 54.2 Å². The number of benzene rings is 1. The van der Waals surface area contributed by atoms with Crippen LogP contribution in [0.1, 0.15) is 17.9 Å². The Labute approximate surface area is 174 Å². The summed E-state index contributed by atoms with van der Waals surface area (Å²) in [6.07, 6.45) is 0.717. The van der Waals surface area contributed by atoms with Crippen LogP contribution in [0, 0.1) is 6.92 Å². The summed E-state index contributed by atoms with van der Waals surface area (Å²) in [5, 5.41) is 8.95. The molecular weight excluding hydrogens is 386 g/mol. The van der Waals surface area contributed by atoms with E-state index in [1.54, 1.807) is 11.3 Å². The van der Waals surface area contributed by atoms with Gasteiger partial charge in [0.1, 0.15) is 0 Å². The Bertz CT molecular complexity index is 961. The van der Waals surface area contributed by atoms with Crippen molar-refractivity contribution in [3.8, 4) is 10.7 Å². The van der Waals surface area contributed by atoms with Crippen molar-refractivity contribution < 1.29 is 9.32 Å². The second kappa shape index (κ2) is 8.75. The molecule has 0 spiro atoms. The maximum Gasteiger partial charge on any atom is 0.227 e. The number of amides is 1. The number of carbonyl (C=O) groups is 1. The van der Waals surface area contributed by atoms with Crippen molar-refractivity contribution in [3.63, 3.8) is 0 Å². The highest BCUT2D eigenvalue weighted by Crippen LogP contribution is 2.24. The molecule has 1 amide bonds. The van der Waals surface area contributed by atoms with Gasteiger partial charge in [0.05, 0.1) is 4.88 Å². The molecule has 1 aliphatic heterocycles. The summed E-state index contributed by atoms with van der Waals surface area (Å²) < 4.78 is 5.26. The lowest BCUT2D eigenvalue weighted by Gasteiger charge is -2.34. The second-order valence-corrected chi connectivity index (χ2v) is 8.27. The molecule has 1 fully saturated rings. The molecule has 29 heavy (non-hydrogen) atoms. The van der Waals surface area contributed by atoms with E-state index >= 15 is 0 Å². The predicted molar refractivity (Wildman–Crippen MR) is 115 cm³/mol. The zero-order chi connectivity index (χ0) is 20.2. The fourth-order valence-corrected chi connectivity index (χ4v) is 3.99. The van der Waals surface area contributed by atoms with Crippen LogP contribution in [0.3, 0.4) is 0 Å². The molecule has 0 radical (unpaired) electrons. The lowest BCUT2D eigenvalue weighted by atomic mass is 10.1. The first-order chi connectivity index (χ1) is 14.1. The van der Waals surface area contributed by atoms with Crippen LogP contribution in [0.4, 0.5) is 11.4 Å². The standard InChI is InChI=1S/C21H25N5O2S/c1-15-14-16(26-11-9-25(2)10-12-26)5-6-17(15)22-19(27)7-8-20-23-21(24-28-20)18-4-3-13-29-18/h3-6,13-14H,7-12H2,1-2H3,(H,22,27). The van der Waals surface area contributed by atoms with Gasteiger partial charge in [-0.2, -0.15) is 4.98 Å². The fourth-order valence-electron chi connectivity index (χ4n) is 3.34. The monoisotopic (exact) mass is 411 g/mol. The Morgan fingerprint density at radius 2 is 2.07 bits per heavy atom.